The molecule has 0 bridgehead atoms. The second kappa shape index (κ2) is 14.1. The highest BCUT2D eigenvalue weighted by molar-refractivity contribution is 7.55. The average Bonchev–Trinajstić information content (AvgIpc) is 3.50. The fourth-order valence-corrected chi connectivity index (χ4v) is 5.45. The van der Waals surface area contributed by atoms with Gasteiger partial charge < -0.3 is 29.7 Å². The van der Waals surface area contributed by atoms with Crippen molar-refractivity contribution in [1.82, 2.24) is 19.9 Å². The number of H-pyrrole nitrogens is 1. The number of amides is 1. The van der Waals surface area contributed by atoms with Crippen LogP contribution in [0.1, 0.15) is 30.6 Å². The first kappa shape index (κ1) is 31.4. The summed E-state index contributed by atoms with van der Waals surface area (Å²) >= 11 is 0. The van der Waals surface area contributed by atoms with Crippen molar-refractivity contribution in [3.63, 3.8) is 0 Å². The highest BCUT2D eigenvalue weighted by Crippen LogP contribution is 2.39. The number of aromatic nitrogens is 3. The Hall–Kier alpha value is -3.54. The van der Waals surface area contributed by atoms with Crippen molar-refractivity contribution in [2.45, 2.75) is 26.3 Å². The lowest BCUT2D eigenvalue weighted by Gasteiger charge is -2.26. The molecule has 2 saturated heterocycles. The molecular weight excluding hydrogens is 570 g/mol. The molecule has 3 aromatic rings. The van der Waals surface area contributed by atoms with Crippen LogP contribution in [-0.4, -0.2) is 85.3 Å². The van der Waals surface area contributed by atoms with Crippen LogP contribution in [0.4, 0.5) is 30.1 Å². The van der Waals surface area contributed by atoms with E-state index in [1.807, 2.05) is 37.7 Å². The van der Waals surface area contributed by atoms with Gasteiger partial charge in [-0.3, -0.25) is 9.59 Å². The average molecular weight is 606 g/mol. The number of rotatable bonds is 7. The van der Waals surface area contributed by atoms with Gasteiger partial charge in [-0.1, -0.05) is 13.8 Å². The van der Waals surface area contributed by atoms with E-state index in [1.54, 1.807) is 0 Å². The number of halogens is 3. The molecule has 2 N–H and O–H groups in total. The van der Waals surface area contributed by atoms with Crippen LogP contribution in [0.25, 0.3) is 11.1 Å². The predicted octanol–water partition coefficient (Wildman–Crippen LogP) is 4.10. The number of hydrogen-bond donors (Lipinski definition) is 2. The maximum Gasteiger partial charge on any atom is 0.299 e. The number of hydrogen-bond acceptors (Lipinski definition) is 8. The van der Waals surface area contributed by atoms with E-state index in [-0.39, 0.29) is 22.9 Å². The normalized spacial score (nSPS) is 16.9. The molecule has 4 heterocycles. The molecule has 1 amide bonds. The highest BCUT2D eigenvalue weighted by atomic mass is 31.2. The molecule has 0 saturated carbocycles. The summed E-state index contributed by atoms with van der Waals surface area (Å²) < 4.78 is 48.3. The third kappa shape index (κ3) is 7.08. The largest absolute Gasteiger partial charge is 0.378 e. The molecule has 2 fully saturated rings. The number of anilines is 3. The van der Waals surface area contributed by atoms with E-state index in [0.29, 0.717) is 56.6 Å². The smallest absolute Gasteiger partial charge is 0.299 e. The Morgan fingerprint density at radius 2 is 1.79 bits per heavy atom. The molecular formula is C28H35F3N7O3P. The maximum atomic E-state index is 15.6. The van der Waals surface area contributed by atoms with Crippen LogP contribution in [-0.2, 0) is 4.74 Å². The number of ether oxygens (including phenoxy) is 1. The second-order valence-corrected chi connectivity index (χ2v) is 10.8. The zero-order chi connectivity index (χ0) is 30.4. The highest BCUT2D eigenvalue weighted by Gasteiger charge is 2.28. The Morgan fingerprint density at radius 1 is 1.10 bits per heavy atom. The fourth-order valence-electron chi connectivity index (χ4n) is 4.89. The fraction of sp³-hybridized carbons (Fsp3) is 0.429. The Kier molecular flexibility index (Phi) is 10.5. The lowest BCUT2D eigenvalue weighted by molar-refractivity contribution is 0.102. The molecule has 42 heavy (non-hydrogen) atoms. The summed E-state index contributed by atoms with van der Waals surface area (Å²) in [7, 11) is 0.216. The summed E-state index contributed by atoms with van der Waals surface area (Å²) in [6.45, 7) is 7.64. The van der Waals surface area contributed by atoms with E-state index in [0.717, 1.165) is 18.7 Å². The Bertz CT molecular complexity index is 1430. The van der Waals surface area contributed by atoms with Crippen LogP contribution in [0, 0.1) is 5.82 Å². The van der Waals surface area contributed by atoms with Gasteiger partial charge in [-0.15, -0.1) is 0 Å². The van der Waals surface area contributed by atoms with Gasteiger partial charge in [0.05, 0.1) is 35.5 Å². The molecule has 2 aliphatic rings. The molecule has 5 rings (SSSR count). The van der Waals surface area contributed by atoms with Gasteiger partial charge >= 0.3 is 0 Å². The molecule has 2 aliphatic heterocycles. The van der Waals surface area contributed by atoms with E-state index in [9.17, 15) is 18.0 Å². The summed E-state index contributed by atoms with van der Waals surface area (Å²) in [5, 5.41) is 2.07. The standard InChI is InChI=1S/C26H29F3N7O3P.C2H6/c1-34(2)17-3-4-36(15-17)22-10-20(27)18(16-12-31-26(32-13-16)35-5-7-39-8-6-35)9-21(22)33-25(38)19-14-30-24(37)11-23(19)40(28)29;1-2/h9-14,17H,3-8,15H2,1-2H3,(H,30,37)(H,33,38);1-2H3. The van der Waals surface area contributed by atoms with Gasteiger partial charge in [0.15, 0.2) is 0 Å². The summed E-state index contributed by atoms with van der Waals surface area (Å²) in [4.78, 5) is 41.9. The first-order valence-electron chi connectivity index (χ1n) is 13.8. The topological polar surface area (TPSA) is 107 Å². The lowest BCUT2D eigenvalue weighted by Crippen LogP contribution is -2.37. The van der Waals surface area contributed by atoms with Crippen LogP contribution in [0.3, 0.4) is 0 Å². The minimum atomic E-state index is -3.71. The SMILES string of the molecule is CC.CN(C)C1CCN(c2cc(F)c(-c3cnc(N4CCOCC4)nc3)cc2NC(=O)c2c[nH]c(=O)cc2P(F)F)C1. The van der Waals surface area contributed by atoms with Crippen molar-refractivity contribution in [3.8, 4) is 11.1 Å². The lowest BCUT2D eigenvalue weighted by atomic mass is 10.1. The minimum absolute atomic E-state index is 0.149. The van der Waals surface area contributed by atoms with E-state index in [4.69, 9.17) is 4.74 Å². The molecule has 1 unspecified atom stereocenters. The predicted molar refractivity (Wildman–Crippen MR) is 160 cm³/mol. The van der Waals surface area contributed by atoms with Gasteiger partial charge in [0.2, 0.25) is 11.5 Å². The first-order valence-corrected chi connectivity index (χ1v) is 14.9. The number of carbonyl (C=O) groups is 1. The number of aromatic amines is 1. The molecule has 0 spiro atoms. The van der Waals surface area contributed by atoms with Gasteiger partial charge in [0.1, 0.15) is 5.82 Å². The van der Waals surface area contributed by atoms with Gasteiger partial charge in [0.25, 0.3) is 14.5 Å². The molecule has 1 aromatic carbocycles. The van der Waals surface area contributed by atoms with Crippen molar-refractivity contribution in [3.05, 3.63) is 58.5 Å². The van der Waals surface area contributed by atoms with E-state index in [1.165, 1.54) is 24.5 Å². The number of pyridine rings is 1. The molecule has 0 radical (unpaired) electrons. The van der Waals surface area contributed by atoms with E-state index in [2.05, 4.69) is 25.2 Å². The van der Waals surface area contributed by atoms with Gasteiger partial charge in [-0.2, -0.15) is 8.39 Å². The molecule has 10 nitrogen and oxygen atoms in total. The monoisotopic (exact) mass is 605 g/mol. The number of morpholine rings is 1. The van der Waals surface area contributed by atoms with Crippen LogP contribution in [0.15, 0.2) is 41.6 Å². The van der Waals surface area contributed by atoms with Gasteiger partial charge in [-0.05, 0) is 32.6 Å². The summed E-state index contributed by atoms with van der Waals surface area (Å²) in [6.07, 6.45) is 4.83. The van der Waals surface area contributed by atoms with Crippen molar-refractivity contribution in [2.24, 2.45) is 0 Å². The van der Waals surface area contributed by atoms with Crippen molar-refractivity contribution >= 4 is 37.1 Å². The first-order chi connectivity index (χ1) is 20.2. The van der Waals surface area contributed by atoms with E-state index >= 15 is 4.39 Å². The van der Waals surface area contributed by atoms with Crippen molar-refractivity contribution < 1.29 is 22.3 Å². The van der Waals surface area contributed by atoms with Crippen LogP contribution in [0.2, 0.25) is 0 Å². The van der Waals surface area contributed by atoms with Gasteiger partial charge in [0, 0.05) is 68.0 Å². The summed E-state index contributed by atoms with van der Waals surface area (Å²) in [5.74, 6) is -0.871. The van der Waals surface area contributed by atoms with E-state index < -0.39 is 31.1 Å². The molecule has 1 atom stereocenters. The molecule has 14 heteroatoms. The van der Waals surface area contributed by atoms with Crippen LogP contribution < -0.4 is 26.0 Å². The van der Waals surface area contributed by atoms with Crippen LogP contribution in [0.5, 0.6) is 0 Å². The maximum absolute atomic E-state index is 15.6. The molecule has 226 valence electrons. The van der Waals surface area contributed by atoms with Crippen molar-refractivity contribution in [2.75, 3.05) is 68.6 Å². The number of nitrogens with zero attached hydrogens (tertiary/aromatic N) is 5. The van der Waals surface area contributed by atoms with Crippen molar-refractivity contribution in [1.29, 1.82) is 0 Å². The second-order valence-electron chi connectivity index (χ2n) is 9.86. The Labute approximate surface area is 243 Å². The Morgan fingerprint density at radius 3 is 2.40 bits per heavy atom. The van der Waals surface area contributed by atoms with Crippen LogP contribution >= 0.6 is 8.54 Å². The Balaban J connectivity index is 0.00000198. The molecule has 0 aliphatic carbocycles. The number of likely N-dealkylation sites (N-methyl/N-ethyl adjacent to an activating group) is 1. The third-order valence-corrected chi connectivity index (χ3v) is 7.87. The zero-order valence-electron chi connectivity index (χ0n) is 24.0. The quantitative estimate of drug-likeness (QED) is 0.388. The zero-order valence-corrected chi connectivity index (χ0v) is 24.9. The minimum Gasteiger partial charge on any atom is -0.378 e. The number of nitrogens with one attached hydrogen (secondary N) is 2. The summed E-state index contributed by atoms with van der Waals surface area (Å²) in [5.41, 5.74) is 0.140. The third-order valence-electron chi connectivity index (χ3n) is 7.14. The number of carbonyl (C=O) groups excluding carboxylic acids is 1. The van der Waals surface area contributed by atoms with Gasteiger partial charge in [-0.25, -0.2) is 14.4 Å². The molecule has 2 aromatic heterocycles. The summed E-state index contributed by atoms with van der Waals surface area (Å²) in [6, 6.07) is 3.76. The number of benzene rings is 1.